The third-order valence-electron chi connectivity index (χ3n) is 4.29. The van der Waals surface area contributed by atoms with E-state index in [0.717, 1.165) is 24.5 Å². The number of nitrogens with zero attached hydrogens (tertiary/aromatic N) is 2. The summed E-state index contributed by atoms with van der Waals surface area (Å²) in [4.78, 5) is 29.1. The molecule has 25 heavy (non-hydrogen) atoms. The molecule has 2 heterocycles. The van der Waals surface area contributed by atoms with E-state index in [4.69, 9.17) is 4.74 Å². The summed E-state index contributed by atoms with van der Waals surface area (Å²) < 4.78 is 6.08. The van der Waals surface area contributed by atoms with E-state index >= 15 is 0 Å². The molecule has 0 N–H and O–H groups in total. The zero-order chi connectivity index (χ0) is 18.0. The van der Waals surface area contributed by atoms with Gasteiger partial charge in [0, 0.05) is 13.6 Å². The molecule has 3 rings (SSSR count). The maximum Gasteiger partial charge on any atom is 0.263 e. The SMILES string of the molecule is CCN1C[C@@H](CN(C)C(=O)c2ccc(C(C)=O)s2)Oc2ccccc21. The van der Waals surface area contributed by atoms with Crippen molar-refractivity contribution in [3.63, 3.8) is 0 Å². The van der Waals surface area contributed by atoms with Crippen molar-refractivity contribution < 1.29 is 14.3 Å². The molecule has 0 bridgehead atoms. The Morgan fingerprint density at radius 2 is 1.96 bits per heavy atom. The number of hydrogen-bond donors (Lipinski definition) is 0. The summed E-state index contributed by atoms with van der Waals surface area (Å²) in [5.41, 5.74) is 1.10. The van der Waals surface area contributed by atoms with Gasteiger partial charge in [0.15, 0.2) is 5.78 Å². The number of amides is 1. The molecule has 1 aliphatic heterocycles. The van der Waals surface area contributed by atoms with Crippen molar-refractivity contribution in [3.8, 4) is 5.75 Å². The van der Waals surface area contributed by atoms with Gasteiger partial charge in [-0.3, -0.25) is 9.59 Å². The lowest BCUT2D eigenvalue weighted by Gasteiger charge is -2.37. The summed E-state index contributed by atoms with van der Waals surface area (Å²) in [6.07, 6.45) is -0.0870. The van der Waals surface area contributed by atoms with Crippen LogP contribution in [0.5, 0.6) is 5.75 Å². The summed E-state index contributed by atoms with van der Waals surface area (Å²) in [5, 5.41) is 0. The van der Waals surface area contributed by atoms with E-state index in [2.05, 4.69) is 17.9 Å². The molecule has 0 fully saturated rings. The van der Waals surface area contributed by atoms with E-state index in [1.807, 2.05) is 18.2 Å². The first-order valence-electron chi connectivity index (χ1n) is 8.36. The smallest absolute Gasteiger partial charge is 0.263 e. The van der Waals surface area contributed by atoms with E-state index < -0.39 is 0 Å². The van der Waals surface area contributed by atoms with Crippen LogP contribution < -0.4 is 9.64 Å². The fraction of sp³-hybridized carbons (Fsp3) is 0.368. The van der Waals surface area contributed by atoms with Gasteiger partial charge in [0.1, 0.15) is 11.9 Å². The molecule has 6 heteroatoms. The predicted molar refractivity (Wildman–Crippen MR) is 100 cm³/mol. The van der Waals surface area contributed by atoms with Crippen molar-refractivity contribution in [2.75, 3.05) is 31.6 Å². The van der Waals surface area contributed by atoms with Crippen molar-refractivity contribution in [1.29, 1.82) is 0 Å². The molecule has 1 aliphatic rings. The minimum absolute atomic E-state index is 0.0162. The molecule has 1 aromatic heterocycles. The van der Waals surface area contributed by atoms with E-state index in [9.17, 15) is 9.59 Å². The first-order chi connectivity index (χ1) is 12.0. The van der Waals surface area contributed by atoms with Crippen molar-refractivity contribution in [2.24, 2.45) is 0 Å². The lowest BCUT2D eigenvalue weighted by atomic mass is 10.2. The molecule has 132 valence electrons. The molecule has 1 aromatic carbocycles. The zero-order valence-electron chi connectivity index (χ0n) is 14.7. The fourth-order valence-electron chi connectivity index (χ4n) is 2.99. The Hall–Kier alpha value is -2.34. The predicted octanol–water partition coefficient (Wildman–Crippen LogP) is 3.31. The van der Waals surface area contributed by atoms with Gasteiger partial charge in [0.05, 0.1) is 28.5 Å². The third kappa shape index (κ3) is 3.69. The summed E-state index contributed by atoms with van der Waals surface area (Å²) in [7, 11) is 1.77. The van der Waals surface area contributed by atoms with Crippen LogP contribution in [0.1, 0.15) is 33.2 Å². The minimum atomic E-state index is -0.0870. The van der Waals surface area contributed by atoms with E-state index in [1.54, 1.807) is 24.1 Å². The van der Waals surface area contributed by atoms with Crippen LogP contribution in [0.25, 0.3) is 0 Å². The average Bonchev–Trinajstić information content (AvgIpc) is 3.10. The highest BCUT2D eigenvalue weighted by Gasteiger charge is 2.27. The number of carbonyl (C=O) groups is 2. The number of Topliss-reactive ketones (excluding diaryl/α,β-unsaturated/α-hetero) is 1. The molecule has 0 spiro atoms. The summed E-state index contributed by atoms with van der Waals surface area (Å²) in [6, 6.07) is 11.4. The van der Waals surface area contributed by atoms with Crippen LogP contribution >= 0.6 is 11.3 Å². The highest BCUT2D eigenvalue weighted by Crippen LogP contribution is 2.33. The Bertz CT molecular complexity index is 786. The molecular formula is C19H22N2O3S. The lowest BCUT2D eigenvalue weighted by molar-refractivity contribution is 0.0714. The van der Waals surface area contributed by atoms with Crippen molar-refractivity contribution >= 4 is 28.7 Å². The second-order valence-corrected chi connectivity index (χ2v) is 7.24. The molecule has 0 aliphatic carbocycles. The first-order valence-corrected chi connectivity index (χ1v) is 9.18. The number of anilines is 1. The molecule has 5 nitrogen and oxygen atoms in total. The van der Waals surface area contributed by atoms with Gasteiger partial charge >= 0.3 is 0 Å². The van der Waals surface area contributed by atoms with Gasteiger partial charge in [-0.2, -0.15) is 0 Å². The van der Waals surface area contributed by atoms with Gasteiger partial charge in [0.25, 0.3) is 5.91 Å². The second kappa shape index (κ2) is 7.27. The van der Waals surface area contributed by atoms with Gasteiger partial charge in [-0.25, -0.2) is 0 Å². The number of likely N-dealkylation sites (N-methyl/N-ethyl adjacent to an activating group) is 2. The van der Waals surface area contributed by atoms with Crippen molar-refractivity contribution in [3.05, 3.63) is 46.2 Å². The molecule has 0 unspecified atom stereocenters. The minimum Gasteiger partial charge on any atom is -0.485 e. The first kappa shape index (κ1) is 17.5. The zero-order valence-corrected chi connectivity index (χ0v) is 15.5. The van der Waals surface area contributed by atoms with Crippen LogP contribution in [0.2, 0.25) is 0 Å². The van der Waals surface area contributed by atoms with Crippen molar-refractivity contribution in [1.82, 2.24) is 4.90 Å². The van der Waals surface area contributed by atoms with Gasteiger partial charge < -0.3 is 14.5 Å². The summed E-state index contributed by atoms with van der Waals surface area (Å²) in [6.45, 7) is 5.76. The fourth-order valence-corrected chi connectivity index (χ4v) is 3.89. The Balaban J connectivity index is 1.69. The third-order valence-corrected chi connectivity index (χ3v) is 5.47. The molecular weight excluding hydrogens is 336 g/mol. The monoisotopic (exact) mass is 358 g/mol. The van der Waals surface area contributed by atoms with Crippen LogP contribution in [0.15, 0.2) is 36.4 Å². The summed E-state index contributed by atoms with van der Waals surface area (Å²) in [5.74, 6) is 0.761. The number of para-hydroxylation sites is 2. The van der Waals surface area contributed by atoms with Crippen LogP contribution in [0.4, 0.5) is 5.69 Å². The topological polar surface area (TPSA) is 49.9 Å². The van der Waals surface area contributed by atoms with Gasteiger partial charge in [-0.15, -0.1) is 11.3 Å². The number of rotatable bonds is 5. The highest BCUT2D eigenvalue weighted by atomic mass is 32.1. The number of carbonyl (C=O) groups excluding carboxylic acids is 2. The number of ether oxygens (including phenoxy) is 1. The maximum absolute atomic E-state index is 12.6. The molecule has 1 amide bonds. The van der Waals surface area contributed by atoms with Crippen LogP contribution in [-0.4, -0.2) is 49.4 Å². The number of hydrogen-bond acceptors (Lipinski definition) is 5. The highest BCUT2D eigenvalue weighted by molar-refractivity contribution is 7.15. The number of thiophene rings is 1. The van der Waals surface area contributed by atoms with E-state index in [-0.39, 0.29) is 17.8 Å². The van der Waals surface area contributed by atoms with E-state index in [0.29, 0.717) is 16.3 Å². The Morgan fingerprint density at radius 3 is 2.64 bits per heavy atom. The van der Waals surface area contributed by atoms with Crippen molar-refractivity contribution in [2.45, 2.75) is 20.0 Å². The maximum atomic E-state index is 12.6. The second-order valence-electron chi connectivity index (χ2n) is 6.15. The molecule has 0 saturated carbocycles. The Kier molecular flexibility index (Phi) is 5.08. The number of fused-ring (bicyclic) bond motifs is 1. The van der Waals surface area contributed by atoms with Gasteiger partial charge in [-0.05, 0) is 38.1 Å². The Morgan fingerprint density at radius 1 is 1.24 bits per heavy atom. The molecule has 2 aromatic rings. The lowest BCUT2D eigenvalue weighted by Crippen LogP contribution is -2.46. The largest absolute Gasteiger partial charge is 0.485 e. The van der Waals surface area contributed by atoms with Crippen LogP contribution in [-0.2, 0) is 0 Å². The number of benzene rings is 1. The van der Waals surface area contributed by atoms with Gasteiger partial charge in [-0.1, -0.05) is 12.1 Å². The standard InChI is InChI=1S/C19H22N2O3S/c1-4-21-12-14(24-16-8-6-5-7-15(16)21)11-20(3)19(23)18-10-9-17(25-18)13(2)22/h5-10,14H,4,11-12H2,1-3H3/t14-/m1/s1. The molecule has 0 radical (unpaired) electrons. The summed E-state index contributed by atoms with van der Waals surface area (Å²) >= 11 is 1.24. The Labute approximate surface area is 151 Å². The van der Waals surface area contributed by atoms with E-state index in [1.165, 1.54) is 18.3 Å². The quantitative estimate of drug-likeness (QED) is 0.770. The number of ketones is 1. The average molecular weight is 358 g/mol. The molecule has 1 atom stereocenters. The van der Waals surface area contributed by atoms with Crippen LogP contribution in [0.3, 0.4) is 0 Å². The molecule has 0 saturated heterocycles. The normalized spacial score (nSPS) is 16.1. The van der Waals surface area contributed by atoms with Gasteiger partial charge in [0.2, 0.25) is 0 Å². The van der Waals surface area contributed by atoms with Crippen LogP contribution in [0, 0.1) is 0 Å².